The maximum atomic E-state index is 12.6. The first kappa shape index (κ1) is 33.5. The molecule has 0 aliphatic carbocycles. The molecule has 4 aromatic rings. The van der Waals surface area contributed by atoms with Crippen molar-refractivity contribution >= 4 is 39.3 Å². The summed E-state index contributed by atoms with van der Waals surface area (Å²) in [6.07, 6.45) is -0.910. The number of carbonyl (C=O) groups excluding carboxylic acids is 1. The van der Waals surface area contributed by atoms with Crippen molar-refractivity contribution in [1.29, 1.82) is 0 Å². The highest BCUT2D eigenvalue weighted by Crippen LogP contribution is 2.30. The molecule has 0 saturated heterocycles. The van der Waals surface area contributed by atoms with E-state index in [-0.39, 0.29) is 33.9 Å². The average molecular weight is 632 g/mol. The molecule has 0 bridgehead atoms. The van der Waals surface area contributed by atoms with Crippen molar-refractivity contribution in [3.8, 4) is 16.9 Å². The van der Waals surface area contributed by atoms with Gasteiger partial charge in [-0.15, -0.1) is 0 Å². The summed E-state index contributed by atoms with van der Waals surface area (Å²) in [4.78, 5) is 18.1. The SMILES string of the molecule is CNc1ccc(-c2ccc(N=C(N)Nc3ccc(S(C)(=O)=O)cc3OCC(F)(F)F)nc2)cc1.O=CCc1ccc(F)cc1. The van der Waals surface area contributed by atoms with Gasteiger partial charge in [-0.3, -0.25) is 0 Å². The Morgan fingerprint density at radius 3 is 2.20 bits per heavy atom. The second-order valence-corrected chi connectivity index (χ2v) is 11.2. The molecular formula is C30H29F4N5O4S. The molecule has 0 aliphatic rings. The van der Waals surface area contributed by atoms with Gasteiger partial charge in [-0.1, -0.05) is 24.3 Å². The number of aldehydes is 1. The van der Waals surface area contributed by atoms with Crippen LogP contribution in [0.5, 0.6) is 5.75 Å². The maximum absolute atomic E-state index is 12.6. The van der Waals surface area contributed by atoms with Gasteiger partial charge in [0.05, 0.1) is 10.6 Å². The van der Waals surface area contributed by atoms with Crippen molar-refractivity contribution in [3.05, 3.63) is 96.4 Å². The van der Waals surface area contributed by atoms with Gasteiger partial charge >= 0.3 is 6.18 Å². The summed E-state index contributed by atoms with van der Waals surface area (Å²) in [6, 6.07) is 20.5. The number of benzene rings is 3. The number of pyridine rings is 1. The van der Waals surface area contributed by atoms with Crippen LogP contribution >= 0.6 is 0 Å². The third-order valence-electron chi connectivity index (χ3n) is 5.76. The van der Waals surface area contributed by atoms with Gasteiger partial charge in [-0.2, -0.15) is 18.2 Å². The molecule has 9 nitrogen and oxygen atoms in total. The number of ether oxygens (including phenoxy) is 1. The normalized spacial score (nSPS) is 11.6. The minimum Gasteiger partial charge on any atom is -0.482 e. The zero-order valence-corrected chi connectivity index (χ0v) is 24.4. The number of hydrogen-bond donors (Lipinski definition) is 3. The Bertz CT molecular complexity index is 1680. The van der Waals surface area contributed by atoms with Crippen LogP contribution in [-0.4, -0.2) is 51.7 Å². The van der Waals surface area contributed by atoms with E-state index in [1.165, 1.54) is 24.3 Å². The number of alkyl halides is 3. The Morgan fingerprint density at radius 1 is 1.00 bits per heavy atom. The van der Waals surface area contributed by atoms with E-state index in [0.29, 0.717) is 6.42 Å². The molecule has 44 heavy (non-hydrogen) atoms. The first-order valence-electron chi connectivity index (χ1n) is 12.8. The smallest absolute Gasteiger partial charge is 0.422 e. The quantitative estimate of drug-likeness (QED) is 0.0919. The minimum absolute atomic E-state index is 0.0131. The van der Waals surface area contributed by atoms with Crippen molar-refractivity contribution in [2.75, 3.05) is 30.5 Å². The standard InChI is InChI=1S/C22H22F3N5O3S.C8H7FO/c1-27-16-6-3-14(4-7-16)15-5-10-20(28-12-15)30-21(26)29-18-9-8-17(34(2,31)32)11-19(18)33-13-22(23,24)25;9-8-3-1-7(2-4-8)5-6-10/h3-12,27H,13H2,1-2H3,(H3,26,28,29,30);1-4,6H,5H2. The fourth-order valence-corrected chi connectivity index (χ4v) is 4.21. The van der Waals surface area contributed by atoms with Gasteiger partial charge in [-0.25, -0.2) is 17.8 Å². The van der Waals surface area contributed by atoms with Crippen molar-refractivity contribution < 1.29 is 35.5 Å². The molecule has 3 aromatic carbocycles. The van der Waals surface area contributed by atoms with Crippen molar-refractivity contribution in [2.45, 2.75) is 17.5 Å². The van der Waals surface area contributed by atoms with Crippen LogP contribution < -0.4 is 21.1 Å². The second kappa shape index (κ2) is 15.0. The number of nitrogens with two attached hydrogens (primary N) is 1. The molecule has 0 fully saturated rings. The van der Waals surface area contributed by atoms with Gasteiger partial charge in [0, 0.05) is 43.2 Å². The number of rotatable bonds is 9. The number of hydrogen-bond acceptors (Lipinski definition) is 7. The predicted octanol–water partition coefficient (Wildman–Crippen LogP) is 5.76. The van der Waals surface area contributed by atoms with Crippen LogP contribution in [0.4, 0.5) is 34.8 Å². The van der Waals surface area contributed by atoms with E-state index in [4.69, 9.17) is 10.5 Å². The van der Waals surface area contributed by atoms with Crippen LogP contribution in [0.3, 0.4) is 0 Å². The Balaban J connectivity index is 0.000000448. The molecule has 4 rings (SSSR count). The Hall–Kier alpha value is -4.98. The number of aliphatic imine (C=N–C) groups is 1. The second-order valence-electron chi connectivity index (χ2n) is 9.19. The largest absolute Gasteiger partial charge is 0.482 e. The fraction of sp³-hybridized carbons (Fsp3) is 0.167. The molecule has 1 heterocycles. The summed E-state index contributed by atoms with van der Waals surface area (Å²) in [5, 5.41) is 5.66. The molecule has 0 saturated carbocycles. The van der Waals surface area contributed by atoms with Gasteiger partial charge in [0.25, 0.3) is 0 Å². The number of nitrogens with zero attached hydrogens (tertiary/aromatic N) is 2. The van der Waals surface area contributed by atoms with Crippen LogP contribution in [0.15, 0.2) is 94.9 Å². The average Bonchev–Trinajstić information content (AvgIpc) is 2.98. The van der Waals surface area contributed by atoms with Gasteiger partial charge in [-0.05, 0) is 59.7 Å². The zero-order valence-electron chi connectivity index (χ0n) is 23.6. The molecule has 0 amide bonds. The van der Waals surface area contributed by atoms with Gasteiger partial charge in [0.15, 0.2) is 28.2 Å². The van der Waals surface area contributed by atoms with Gasteiger partial charge in [0.1, 0.15) is 17.9 Å². The minimum atomic E-state index is -4.61. The zero-order chi connectivity index (χ0) is 32.3. The van der Waals surface area contributed by atoms with Crippen molar-refractivity contribution in [3.63, 3.8) is 0 Å². The van der Waals surface area contributed by atoms with Crippen LogP contribution in [-0.2, 0) is 21.1 Å². The first-order chi connectivity index (χ1) is 20.8. The van der Waals surface area contributed by atoms with Crippen LogP contribution in [0.2, 0.25) is 0 Å². The van der Waals surface area contributed by atoms with Crippen molar-refractivity contribution in [2.24, 2.45) is 10.7 Å². The topological polar surface area (TPSA) is 136 Å². The van der Waals surface area contributed by atoms with Crippen LogP contribution in [0.1, 0.15) is 5.56 Å². The predicted molar refractivity (Wildman–Crippen MR) is 161 cm³/mol. The number of halogens is 4. The Labute approximate surface area is 251 Å². The van der Waals surface area contributed by atoms with E-state index < -0.39 is 22.6 Å². The molecule has 0 radical (unpaired) electrons. The van der Waals surface area contributed by atoms with E-state index >= 15 is 0 Å². The number of sulfone groups is 1. The monoisotopic (exact) mass is 631 g/mol. The highest BCUT2D eigenvalue weighted by molar-refractivity contribution is 7.90. The molecule has 1 aromatic heterocycles. The summed E-state index contributed by atoms with van der Waals surface area (Å²) in [5.41, 5.74) is 9.52. The number of nitrogens with one attached hydrogen (secondary N) is 2. The molecule has 4 N–H and O–H groups in total. The lowest BCUT2D eigenvalue weighted by Gasteiger charge is -2.15. The molecule has 232 valence electrons. The molecule has 0 unspecified atom stereocenters. The maximum Gasteiger partial charge on any atom is 0.422 e. The summed E-state index contributed by atoms with van der Waals surface area (Å²) in [5.74, 6) is -0.532. The van der Waals surface area contributed by atoms with E-state index in [1.54, 1.807) is 30.5 Å². The molecule has 0 aliphatic heterocycles. The lowest BCUT2D eigenvalue weighted by molar-refractivity contribution is -0.153. The van der Waals surface area contributed by atoms with E-state index in [9.17, 15) is 30.8 Å². The summed E-state index contributed by atoms with van der Waals surface area (Å²) in [7, 11) is -1.84. The number of carbonyl (C=O) groups is 1. The van der Waals surface area contributed by atoms with E-state index in [1.807, 2.05) is 31.3 Å². The first-order valence-corrected chi connectivity index (χ1v) is 14.7. The number of anilines is 2. The lowest BCUT2D eigenvalue weighted by atomic mass is 10.1. The third kappa shape index (κ3) is 10.7. The Morgan fingerprint density at radius 2 is 1.66 bits per heavy atom. The van der Waals surface area contributed by atoms with E-state index in [2.05, 4.69) is 20.6 Å². The van der Waals surface area contributed by atoms with Crippen molar-refractivity contribution in [1.82, 2.24) is 4.98 Å². The fourth-order valence-electron chi connectivity index (χ4n) is 3.57. The molecule has 14 heteroatoms. The van der Waals surface area contributed by atoms with Crippen LogP contribution in [0.25, 0.3) is 11.1 Å². The number of guanidine groups is 1. The number of aromatic nitrogens is 1. The van der Waals surface area contributed by atoms with E-state index in [0.717, 1.165) is 41.0 Å². The highest BCUT2D eigenvalue weighted by atomic mass is 32.2. The summed E-state index contributed by atoms with van der Waals surface area (Å²) in [6.45, 7) is -1.61. The molecule has 0 spiro atoms. The molecule has 0 atom stereocenters. The lowest BCUT2D eigenvalue weighted by Crippen LogP contribution is -2.24. The Kier molecular flexibility index (Phi) is 11.4. The summed E-state index contributed by atoms with van der Waals surface area (Å²) < 4.78 is 78.4. The third-order valence-corrected chi connectivity index (χ3v) is 6.87. The molecular weight excluding hydrogens is 602 g/mol. The van der Waals surface area contributed by atoms with Gasteiger partial charge < -0.3 is 25.9 Å². The summed E-state index contributed by atoms with van der Waals surface area (Å²) >= 11 is 0. The van der Waals surface area contributed by atoms with Gasteiger partial charge in [0.2, 0.25) is 0 Å². The van der Waals surface area contributed by atoms with Crippen LogP contribution in [0, 0.1) is 5.82 Å². The highest BCUT2D eigenvalue weighted by Gasteiger charge is 2.29.